The number of nitrogens with zero attached hydrogens (tertiary/aromatic N) is 1. The molecule has 0 aromatic heterocycles. The van der Waals surface area contributed by atoms with Gasteiger partial charge in [-0.05, 0) is 31.9 Å². The lowest BCUT2D eigenvalue weighted by molar-refractivity contribution is 1.30. The molecule has 0 spiro atoms. The van der Waals surface area contributed by atoms with Crippen molar-refractivity contribution in [2.45, 2.75) is 20.8 Å². The van der Waals surface area contributed by atoms with Crippen molar-refractivity contribution in [1.29, 1.82) is 0 Å². The topological polar surface area (TPSA) is 12.4 Å². The fraction of sp³-hybridized carbons (Fsp3) is 0.273. The molecule has 1 nitrogen and oxygen atoms in total. The van der Waals surface area contributed by atoms with Crippen LogP contribution in [0, 0.1) is 0 Å². The monoisotopic (exact) mass is 159 g/mol. The van der Waals surface area contributed by atoms with Gasteiger partial charge in [0.05, 0.1) is 0 Å². The molecule has 1 aliphatic carbocycles. The number of hydrogen-bond acceptors (Lipinski definition) is 1. The van der Waals surface area contributed by atoms with Gasteiger partial charge in [-0.2, -0.15) is 0 Å². The van der Waals surface area contributed by atoms with Crippen LogP contribution in [0.2, 0.25) is 0 Å². The Bertz CT molecular complexity index is 321. The van der Waals surface area contributed by atoms with Crippen LogP contribution < -0.4 is 0 Å². The molecule has 62 valence electrons. The predicted octanol–water partition coefficient (Wildman–Crippen LogP) is 3.02. The van der Waals surface area contributed by atoms with Gasteiger partial charge in [-0.1, -0.05) is 24.0 Å². The Morgan fingerprint density at radius 1 is 1.42 bits per heavy atom. The van der Waals surface area contributed by atoms with Gasteiger partial charge in [0.25, 0.3) is 0 Å². The summed E-state index contributed by atoms with van der Waals surface area (Å²) in [6, 6.07) is 0. The van der Waals surface area contributed by atoms with Crippen molar-refractivity contribution in [1.82, 2.24) is 0 Å². The van der Waals surface area contributed by atoms with E-state index in [1.165, 1.54) is 0 Å². The molecule has 0 fully saturated rings. The second-order valence-corrected chi connectivity index (χ2v) is 2.75. The molecule has 1 heteroatoms. The van der Waals surface area contributed by atoms with Gasteiger partial charge < -0.3 is 0 Å². The standard InChI is InChI=1S/C11H13N/c1-4-12-11-8-9(2)6-5-7-10(11)3/h4-7H,1-3H3/b12-4+. The molecule has 0 unspecified atom stereocenters. The third-order valence-electron chi connectivity index (χ3n) is 1.64. The highest BCUT2D eigenvalue weighted by Crippen LogP contribution is 2.13. The first-order valence-corrected chi connectivity index (χ1v) is 4.05. The van der Waals surface area contributed by atoms with Crippen molar-refractivity contribution >= 4 is 6.21 Å². The molecule has 1 rings (SSSR count). The van der Waals surface area contributed by atoms with Crippen molar-refractivity contribution in [2.24, 2.45) is 4.99 Å². The lowest BCUT2D eigenvalue weighted by Gasteiger charge is -1.94. The van der Waals surface area contributed by atoms with Gasteiger partial charge in [-0.25, -0.2) is 0 Å². The first-order valence-electron chi connectivity index (χ1n) is 4.05. The Morgan fingerprint density at radius 2 is 2.17 bits per heavy atom. The van der Waals surface area contributed by atoms with Gasteiger partial charge in [0, 0.05) is 6.21 Å². The normalized spacial score (nSPS) is 17.1. The van der Waals surface area contributed by atoms with Crippen LogP contribution in [0.4, 0.5) is 0 Å². The van der Waals surface area contributed by atoms with Gasteiger partial charge in [0.2, 0.25) is 0 Å². The summed E-state index contributed by atoms with van der Waals surface area (Å²) >= 11 is 0. The highest BCUT2D eigenvalue weighted by molar-refractivity contribution is 5.57. The van der Waals surface area contributed by atoms with E-state index in [1.807, 2.05) is 39.0 Å². The quantitative estimate of drug-likeness (QED) is 0.412. The maximum absolute atomic E-state index is 4.23. The Kier molecular flexibility index (Phi) is 2.84. The summed E-state index contributed by atoms with van der Waals surface area (Å²) in [6.07, 6.45) is 7.89. The average Bonchev–Trinajstić information content (AvgIpc) is 2.16. The zero-order chi connectivity index (χ0) is 8.97. The van der Waals surface area contributed by atoms with Crippen LogP contribution in [0.15, 0.2) is 45.8 Å². The van der Waals surface area contributed by atoms with Crippen molar-refractivity contribution in [3.05, 3.63) is 40.8 Å². The van der Waals surface area contributed by atoms with Gasteiger partial charge in [-0.3, -0.25) is 4.99 Å². The SMILES string of the molecule is C/C=N/C1=C=C(C)C=CC=C1C. The molecule has 0 aliphatic heterocycles. The van der Waals surface area contributed by atoms with E-state index in [1.54, 1.807) is 6.21 Å². The van der Waals surface area contributed by atoms with E-state index in [2.05, 4.69) is 10.7 Å². The Balaban J connectivity index is 3.17. The fourth-order valence-corrected chi connectivity index (χ4v) is 1.01. The minimum Gasteiger partial charge on any atom is -0.253 e. The van der Waals surface area contributed by atoms with Gasteiger partial charge in [0.15, 0.2) is 0 Å². The van der Waals surface area contributed by atoms with E-state index in [4.69, 9.17) is 0 Å². The van der Waals surface area contributed by atoms with E-state index in [9.17, 15) is 0 Å². The molecule has 0 heterocycles. The molecule has 0 saturated carbocycles. The smallest absolute Gasteiger partial charge is 0.108 e. The van der Waals surface area contributed by atoms with Crippen molar-refractivity contribution < 1.29 is 0 Å². The van der Waals surface area contributed by atoms with E-state index in [0.717, 1.165) is 16.8 Å². The molecule has 12 heavy (non-hydrogen) atoms. The summed E-state index contributed by atoms with van der Waals surface area (Å²) in [6.45, 7) is 5.97. The molecular formula is C11H13N. The third-order valence-corrected chi connectivity index (χ3v) is 1.64. The Hall–Kier alpha value is -1.33. The van der Waals surface area contributed by atoms with Crippen LogP contribution in [-0.2, 0) is 0 Å². The summed E-state index contributed by atoms with van der Waals surface area (Å²) in [5, 5.41) is 0. The molecule has 0 saturated heterocycles. The molecule has 0 amide bonds. The average molecular weight is 159 g/mol. The number of rotatable bonds is 1. The second-order valence-electron chi connectivity index (χ2n) is 2.75. The highest BCUT2D eigenvalue weighted by Gasteiger charge is 1.96. The van der Waals surface area contributed by atoms with E-state index >= 15 is 0 Å². The lowest BCUT2D eigenvalue weighted by Crippen LogP contribution is -1.78. The minimum absolute atomic E-state index is 0.931. The molecule has 0 radical (unpaired) electrons. The van der Waals surface area contributed by atoms with Crippen LogP contribution >= 0.6 is 0 Å². The maximum Gasteiger partial charge on any atom is 0.108 e. The number of hydrogen-bond donors (Lipinski definition) is 0. The molecule has 0 aromatic rings. The maximum atomic E-state index is 4.23. The van der Waals surface area contributed by atoms with Crippen LogP contribution in [0.1, 0.15) is 20.8 Å². The molecule has 0 N–H and O–H groups in total. The first kappa shape index (κ1) is 8.76. The summed E-state index contributed by atoms with van der Waals surface area (Å²) in [5.74, 6) is 0. The Morgan fingerprint density at radius 3 is 2.83 bits per heavy atom. The number of allylic oxidation sites excluding steroid dienone is 4. The van der Waals surface area contributed by atoms with E-state index in [-0.39, 0.29) is 0 Å². The summed E-state index contributed by atoms with van der Waals surface area (Å²) in [7, 11) is 0. The zero-order valence-corrected chi connectivity index (χ0v) is 7.76. The molecule has 0 bridgehead atoms. The number of aliphatic imine (C=N–C) groups is 1. The Labute approximate surface area is 73.5 Å². The van der Waals surface area contributed by atoms with Gasteiger partial charge in [-0.15, -0.1) is 0 Å². The predicted molar refractivity (Wildman–Crippen MR) is 53.3 cm³/mol. The largest absolute Gasteiger partial charge is 0.253 e. The zero-order valence-electron chi connectivity index (χ0n) is 7.76. The summed E-state index contributed by atoms with van der Waals surface area (Å²) in [4.78, 5) is 4.23. The summed E-state index contributed by atoms with van der Waals surface area (Å²) < 4.78 is 0. The van der Waals surface area contributed by atoms with Crippen LogP contribution in [0.3, 0.4) is 0 Å². The summed E-state index contributed by atoms with van der Waals surface area (Å²) in [5.41, 5.74) is 6.41. The van der Waals surface area contributed by atoms with Crippen molar-refractivity contribution in [2.75, 3.05) is 0 Å². The van der Waals surface area contributed by atoms with E-state index in [0.29, 0.717) is 0 Å². The molecule has 1 aliphatic rings. The molecule has 0 atom stereocenters. The molecular weight excluding hydrogens is 146 g/mol. The second kappa shape index (κ2) is 3.89. The van der Waals surface area contributed by atoms with Crippen molar-refractivity contribution in [3.63, 3.8) is 0 Å². The highest BCUT2D eigenvalue weighted by atomic mass is 14.7. The fourth-order valence-electron chi connectivity index (χ4n) is 1.01. The van der Waals surface area contributed by atoms with Crippen LogP contribution in [0.25, 0.3) is 0 Å². The minimum atomic E-state index is 0.931. The van der Waals surface area contributed by atoms with E-state index < -0.39 is 0 Å². The van der Waals surface area contributed by atoms with Gasteiger partial charge in [0.1, 0.15) is 5.70 Å². The van der Waals surface area contributed by atoms with Crippen LogP contribution in [0.5, 0.6) is 0 Å². The molecule has 0 aromatic carbocycles. The van der Waals surface area contributed by atoms with Gasteiger partial charge >= 0.3 is 0 Å². The van der Waals surface area contributed by atoms with Crippen LogP contribution in [-0.4, -0.2) is 6.21 Å². The third kappa shape index (κ3) is 2.08. The lowest BCUT2D eigenvalue weighted by atomic mass is 10.2. The van der Waals surface area contributed by atoms with Crippen molar-refractivity contribution in [3.8, 4) is 0 Å². The first-order chi connectivity index (χ1) is 5.74.